The lowest BCUT2D eigenvalue weighted by Gasteiger charge is -2.72. The molecule has 0 amide bonds. The van der Waals surface area contributed by atoms with Crippen molar-refractivity contribution in [3.8, 4) is 11.5 Å². The molecule has 32 heavy (non-hydrogen) atoms. The molecule has 1 heterocycles. The minimum atomic E-state index is -1.02. The van der Waals surface area contributed by atoms with Crippen molar-refractivity contribution in [2.45, 2.75) is 39.3 Å². The van der Waals surface area contributed by atoms with E-state index in [1.165, 1.54) is 12.1 Å². The highest BCUT2D eigenvalue weighted by Gasteiger charge is 2.73. The maximum absolute atomic E-state index is 13.3. The fourth-order valence-electron chi connectivity index (χ4n) is 6.66. The Morgan fingerprint density at radius 1 is 0.844 bits per heavy atom. The molecule has 0 radical (unpaired) electrons. The van der Waals surface area contributed by atoms with E-state index < -0.39 is 5.60 Å². The van der Waals surface area contributed by atoms with Crippen LogP contribution in [-0.2, 0) is 5.60 Å². The summed E-state index contributed by atoms with van der Waals surface area (Å²) >= 11 is 0. The number of ether oxygens (including phenoxy) is 2. The van der Waals surface area contributed by atoms with Gasteiger partial charge in [-0.25, -0.2) is 4.39 Å². The average Bonchev–Trinajstić information content (AvgIpc) is 2.78. The van der Waals surface area contributed by atoms with E-state index in [1.54, 1.807) is 14.2 Å². The normalized spacial score (nSPS) is 27.0. The molecule has 5 nitrogen and oxygen atoms in total. The lowest BCUT2D eigenvalue weighted by Crippen LogP contribution is -2.79. The van der Waals surface area contributed by atoms with Gasteiger partial charge in [0.1, 0.15) is 11.4 Å². The molecule has 1 aliphatic carbocycles. The Hall–Kier alpha value is -2.31. The first-order valence-electron chi connectivity index (χ1n) is 11.3. The van der Waals surface area contributed by atoms with Crippen LogP contribution in [0.15, 0.2) is 42.5 Å². The van der Waals surface area contributed by atoms with Crippen molar-refractivity contribution in [1.29, 1.82) is 0 Å². The summed E-state index contributed by atoms with van der Waals surface area (Å²) in [6.45, 7) is 12.2. The highest BCUT2D eigenvalue weighted by molar-refractivity contribution is 5.49. The number of anilines is 1. The molecule has 2 aromatic carbocycles. The van der Waals surface area contributed by atoms with Crippen LogP contribution in [-0.4, -0.2) is 56.4 Å². The summed E-state index contributed by atoms with van der Waals surface area (Å²) < 4.78 is 24.2. The quantitative estimate of drug-likeness (QED) is 0.749. The van der Waals surface area contributed by atoms with Gasteiger partial charge in [-0.15, -0.1) is 0 Å². The summed E-state index contributed by atoms with van der Waals surface area (Å²) in [5, 5.41) is 12.1. The molecule has 1 aliphatic heterocycles. The maximum atomic E-state index is 13.3. The molecule has 1 saturated carbocycles. The third kappa shape index (κ3) is 3.19. The Labute approximate surface area is 190 Å². The monoisotopic (exact) mass is 442 g/mol. The number of hydrogen-bond acceptors (Lipinski definition) is 5. The lowest BCUT2D eigenvalue weighted by atomic mass is 9.39. The summed E-state index contributed by atoms with van der Waals surface area (Å²) in [6.07, 6.45) is 0. The maximum Gasteiger partial charge on any atom is 0.161 e. The Kier molecular flexibility index (Phi) is 5.66. The summed E-state index contributed by atoms with van der Waals surface area (Å²) in [4.78, 5) is 4.81. The van der Waals surface area contributed by atoms with Gasteiger partial charge in [0.15, 0.2) is 11.5 Å². The van der Waals surface area contributed by atoms with E-state index in [0.717, 1.165) is 37.4 Å². The van der Waals surface area contributed by atoms with Crippen LogP contribution in [0.3, 0.4) is 0 Å². The second-order valence-electron chi connectivity index (χ2n) is 10.1. The summed E-state index contributed by atoms with van der Waals surface area (Å²) in [5.41, 5.74) is 0.159. The first-order chi connectivity index (χ1) is 15.1. The molecule has 174 valence electrons. The molecule has 2 fully saturated rings. The van der Waals surface area contributed by atoms with E-state index in [9.17, 15) is 9.50 Å². The minimum absolute atomic E-state index is 0.209. The van der Waals surface area contributed by atoms with E-state index in [1.807, 2.05) is 30.3 Å². The van der Waals surface area contributed by atoms with Crippen molar-refractivity contribution in [3.05, 3.63) is 53.8 Å². The van der Waals surface area contributed by atoms with Gasteiger partial charge in [0.2, 0.25) is 0 Å². The standard InChI is InChI=1S/C26H35FN2O3/c1-24(2)23(29-15-13-28(14-16-29)20-10-8-19(27)9-11-20)25(3,4)26(24,30)18-7-12-21(31-5)22(17-18)32-6/h7-12,17,23,30H,13-16H2,1-6H3. The van der Waals surface area contributed by atoms with E-state index in [0.29, 0.717) is 11.5 Å². The van der Waals surface area contributed by atoms with Crippen LogP contribution in [0.2, 0.25) is 0 Å². The summed E-state index contributed by atoms with van der Waals surface area (Å²) in [6, 6.07) is 12.7. The van der Waals surface area contributed by atoms with Crippen molar-refractivity contribution < 1.29 is 19.0 Å². The van der Waals surface area contributed by atoms with E-state index >= 15 is 0 Å². The van der Waals surface area contributed by atoms with Gasteiger partial charge in [-0.2, -0.15) is 0 Å². The van der Waals surface area contributed by atoms with Gasteiger partial charge in [-0.05, 0) is 42.0 Å². The third-order valence-electron chi connectivity index (χ3n) is 7.90. The molecular formula is C26H35FN2O3. The highest BCUT2D eigenvalue weighted by Crippen LogP contribution is 2.68. The molecule has 0 unspecified atom stereocenters. The zero-order valence-electron chi connectivity index (χ0n) is 20.0. The molecule has 2 aromatic rings. The number of hydrogen-bond donors (Lipinski definition) is 1. The SMILES string of the molecule is COc1ccc(C2(O)C(C)(C)C(N3CCN(c4ccc(F)cc4)CC3)C2(C)C)cc1OC. The fourth-order valence-corrected chi connectivity index (χ4v) is 6.66. The van der Waals surface area contributed by atoms with Crippen molar-refractivity contribution >= 4 is 5.69 Å². The molecule has 1 N–H and O–H groups in total. The molecule has 1 saturated heterocycles. The highest BCUT2D eigenvalue weighted by atomic mass is 19.1. The molecule has 6 heteroatoms. The minimum Gasteiger partial charge on any atom is -0.493 e. The molecule has 0 bridgehead atoms. The second-order valence-corrected chi connectivity index (χ2v) is 10.1. The predicted molar refractivity (Wildman–Crippen MR) is 125 cm³/mol. The Morgan fingerprint density at radius 2 is 1.41 bits per heavy atom. The zero-order chi connectivity index (χ0) is 23.3. The molecular weight excluding hydrogens is 407 g/mol. The predicted octanol–water partition coefficient (Wildman–Crippen LogP) is 4.29. The van der Waals surface area contributed by atoms with E-state index in [2.05, 4.69) is 37.5 Å². The van der Waals surface area contributed by atoms with Crippen molar-refractivity contribution in [2.24, 2.45) is 10.8 Å². The molecule has 2 aliphatic rings. The van der Waals surface area contributed by atoms with E-state index in [-0.39, 0.29) is 22.7 Å². The second kappa shape index (κ2) is 7.92. The molecule has 0 atom stereocenters. The zero-order valence-corrected chi connectivity index (χ0v) is 20.0. The number of rotatable bonds is 5. The van der Waals surface area contributed by atoms with Crippen molar-refractivity contribution in [1.82, 2.24) is 4.90 Å². The van der Waals surface area contributed by atoms with Gasteiger partial charge in [-0.3, -0.25) is 4.90 Å². The van der Waals surface area contributed by atoms with Crippen LogP contribution < -0.4 is 14.4 Å². The van der Waals surface area contributed by atoms with Gasteiger partial charge in [0.25, 0.3) is 0 Å². The Balaban J connectivity index is 1.56. The number of halogens is 1. The average molecular weight is 443 g/mol. The van der Waals surface area contributed by atoms with Gasteiger partial charge in [0, 0.05) is 48.7 Å². The van der Waals surface area contributed by atoms with Gasteiger partial charge < -0.3 is 19.5 Å². The van der Waals surface area contributed by atoms with Crippen LogP contribution in [0.4, 0.5) is 10.1 Å². The topological polar surface area (TPSA) is 45.2 Å². The van der Waals surface area contributed by atoms with Crippen molar-refractivity contribution in [2.75, 3.05) is 45.3 Å². The number of nitrogens with zero attached hydrogens (tertiary/aromatic N) is 2. The summed E-state index contributed by atoms with van der Waals surface area (Å²) in [5.74, 6) is 1.07. The van der Waals surface area contributed by atoms with E-state index in [4.69, 9.17) is 9.47 Å². The van der Waals surface area contributed by atoms with Crippen molar-refractivity contribution in [3.63, 3.8) is 0 Å². The third-order valence-corrected chi connectivity index (χ3v) is 7.90. The molecule has 0 aromatic heterocycles. The summed E-state index contributed by atoms with van der Waals surface area (Å²) in [7, 11) is 3.23. The Morgan fingerprint density at radius 3 is 1.94 bits per heavy atom. The smallest absolute Gasteiger partial charge is 0.161 e. The molecule has 4 rings (SSSR count). The lowest BCUT2D eigenvalue weighted by molar-refractivity contribution is -0.308. The van der Waals surface area contributed by atoms with Gasteiger partial charge in [-0.1, -0.05) is 33.8 Å². The number of piperazine rings is 1. The first-order valence-corrected chi connectivity index (χ1v) is 11.3. The van der Waals surface area contributed by atoms with Gasteiger partial charge in [0.05, 0.1) is 14.2 Å². The van der Waals surface area contributed by atoms with Gasteiger partial charge >= 0.3 is 0 Å². The van der Waals surface area contributed by atoms with Crippen LogP contribution in [0.25, 0.3) is 0 Å². The van der Waals surface area contributed by atoms with Crippen LogP contribution in [0.5, 0.6) is 11.5 Å². The van der Waals surface area contributed by atoms with Crippen LogP contribution in [0, 0.1) is 16.6 Å². The van der Waals surface area contributed by atoms with Crippen LogP contribution >= 0.6 is 0 Å². The number of benzene rings is 2. The number of methoxy groups -OCH3 is 2. The largest absolute Gasteiger partial charge is 0.493 e. The Bertz CT molecular complexity index is 950. The fraction of sp³-hybridized carbons (Fsp3) is 0.538. The number of aliphatic hydroxyl groups is 1. The molecule has 0 spiro atoms. The first kappa shape index (κ1) is 22.9. The van der Waals surface area contributed by atoms with Crippen LogP contribution in [0.1, 0.15) is 33.3 Å².